The highest BCUT2D eigenvalue weighted by Crippen LogP contribution is 2.22. The normalized spacial score (nSPS) is 15.2. The Balaban J connectivity index is 1.84. The van der Waals surface area contributed by atoms with Gasteiger partial charge >= 0.3 is 0 Å². The van der Waals surface area contributed by atoms with Gasteiger partial charge in [-0.2, -0.15) is 5.26 Å². The second-order valence-electron chi connectivity index (χ2n) is 6.79. The van der Waals surface area contributed by atoms with E-state index in [1.54, 1.807) is 6.92 Å². The van der Waals surface area contributed by atoms with Gasteiger partial charge in [-0.3, -0.25) is 9.69 Å². The van der Waals surface area contributed by atoms with E-state index in [9.17, 15) is 4.79 Å². The fourth-order valence-electron chi connectivity index (χ4n) is 2.75. The van der Waals surface area contributed by atoms with E-state index in [0.29, 0.717) is 56.1 Å². The molecule has 2 rings (SSSR count). The molecule has 0 unspecified atom stereocenters. The maximum absolute atomic E-state index is 12.4. The number of likely N-dealkylation sites (N-methyl/N-ethyl adjacent to an activating group) is 1. The summed E-state index contributed by atoms with van der Waals surface area (Å²) >= 11 is 0. The van der Waals surface area contributed by atoms with Crippen molar-refractivity contribution in [2.45, 2.75) is 27.2 Å². The summed E-state index contributed by atoms with van der Waals surface area (Å²) in [6, 6.07) is 2.06. The third-order valence-electron chi connectivity index (χ3n) is 4.24. The molecule has 1 aliphatic heterocycles. The molecule has 132 valence electrons. The van der Waals surface area contributed by atoms with E-state index >= 15 is 0 Å². The highest BCUT2D eigenvalue weighted by atomic mass is 16.4. The van der Waals surface area contributed by atoms with Crippen LogP contribution < -0.4 is 4.90 Å². The Labute approximate surface area is 143 Å². The van der Waals surface area contributed by atoms with Crippen LogP contribution in [0, 0.1) is 24.2 Å². The zero-order chi connectivity index (χ0) is 17.7. The van der Waals surface area contributed by atoms with Crippen LogP contribution in [-0.2, 0) is 4.79 Å². The van der Waals surface area contributed by atoms with Gasteiger partial charge in [0.25, 0.3) is 0 Å². The van der Waals surface area contributed by atoms with Crippen molar-refractivity contribution in [1.82, 2.24) is 14.8 Å². The lowest BCUT2D eigenvalue weighted by atomic mass is 10.1. The summed E-state index contributed by atoms with van der Waals surface area (Å²) in [5.41, 5.74) is 0.320. The summed E-state index contributed by atoms with van der Waals surface area (Å²) in [5, 5.41) is 9.12. The topological polar surface area (TPSA) is 76.6 Å². The van der Waals surface area contributed by atoms with E-state index in [4.69, 9.17) is 9.68 Å². The van der Waals surface area contributed by atoms with Crippen molar-refractivity contribution in [3.63, 3.8) is 0 Å². The van der Waals surface area contributed by atoms with Crippen LogP contribution in [0.15, 0.2) is 4.42 Å². The first-order valence-electron chi connectivity index (χ1n) is 8.49. The van der Waals surface area contributed by atoms with Crippen molar-refractivity contribution in [3.8, 4) is 6.07 Å². The lowest BCUT2D eigenvalue weighted by Crippen LogP contribution is -2.51. The average Bonchev–Trinajstić information content (AvgIpc) is 2.94. The molecule has 7 heteroatoms. The van der Waals surface area contributed by atoms with Crippen molar-refractivity contribution >= 4 is 11.8 Å². The number of carbonyl (C=O) groups excluding carboxylic acids is 1. The summed E-state index contributed by atoms with van der Waals surface area (Å²) in [6.07, 6.45) is 1.10. The Bertz CT molecular complexity index is 597. The molecule has 1 fully saturated rings. The van der Waals surface area contributed by atoms with Crippen molar-refractivity contribution in [2.24, 2.45) is 5.92 Å². The van der Waals surface area contributed by atoms with E-state index in [1.165, 1.54) is 0 Å². The largest absolute Gasteiger partial charge is 0.424 e. The standard InChI is InChI=1S/C17H27N5O2/c1-13(2)5-6-20(4)12-16(23)21-7-9-22(10-8-21)17-15(11-18)19-14(3)24-17/h13H,5-10,12H2,1-4H3. The fourth-order valence-corrected chi connectivity index (χ4v) is 2.75. The summed E-state index contributed by atoms with van der Waals surface area (Å²) < 4.78 is 5.54. The summed E-state index contributed by atoms with van der Waals surface area (Å²) in [4.78, 5) is 22.4. The minimum atomic E-state index is 0.162. The van der Waals surface area contributed by atoms with Gasteiger partial charge in [0.15, 0.2) is 5.89 Å². The molecule has 7 nitrogen and oxygen atoms in total. The second-order valence-corrected chi connectivity index (χ2v) is 6.79. The molecule has 1 amide bonds. The molecule has 0 aliphatic carbocycles. The van der Waals surface area contributed by atoms with Crippen molar-refractivity contribution < 1.29 is 9.21 Å². The van der Waals surface area contributed by atoms with Gasteiger partial charge in [-0.15, -0.1) is 0 Å². The molecule has 1 aromatic heterocycles. The third kappa shape index (κ3) is 4.71. The first-order valence-corrected chi connectivity index (χ1v) is 8.49. The second kappa shape index (κ2) is 8.15. The van der Waals surface area contributed by atoms with Crippen LogP contribution in [0.4, 0.5) is 5.88 Å². The quantitative estimate of drug-likeness (QED) is 0.785. The Morgan fingerprint density at radius 1 is 1.38 bits per heavy atom. The Hall–Kier alpha value is -2.07. The minimum Gasteiger partial charge on any atom is -0.424 e. The highest BCUT2D eigenvalue weighted by molar-refractivity contribution is 5.78. The highest BCUT2D eigenvalue weighted by Gasteiger charge is 2.26. The number of piperazine rings is 1. The van der Waals surface area contributed by atoms with Gasteiger partial charge in [0.05, 0.1) is 6.54 Å². The zero-order valence-corrected chi connectivity index (χ0v) is 15.1. The number of rotatable bonds is 6. The maximum atomic E-state index is 12.4. The van der Waals surface area contributed by atoms with Crippen LogP contribution in [0.3, 0.4) is 0 Å². The molecular formula is C17H27N5O2. The maximum Gasteiger partial charge on any atom is 0.236 e. The first kappa shape index (κ1) is 18.3. The van der Waals surface area contributed by atoms with Gasteiger partial charge in [0.2, 0.25) is 17.5 Å². The van der Waals surface area contributed by atoms with Crippen LogP contribution >= 0.6 is 0 Å². The van der Waals surface area contributed by atoms with Crippen molar-refractivity contribution in [2.75, 3.05) is 51.2 Å². The molecule has 0 spiro atoms. The Morgan fingerprint density at radius 3 is 2.62 bits per heavy atom. The minimum absolute atomic E-state index is 0.162. The smallest absolute Gasteiger partial charge is 0.236 e. The van der Waals surface area contributed by atoms with Crippen molar-refractivity contribution in [3.05, 3.63) is 11.6 Å². The first-order chi connectivity index (χ1) is 11.4. The number of nitriles is 1. The molecule has 0 N–H and O–H groups in total. The fraction of sp³-hybridized carbons (Fsp3) is 0.706. The van der Waals surface area contributed by atoms with Crippen molar-refractivity contribution in [1.29, 1.82) is 5.26 Å². The number of anilines is 1. The third-order valence-corrected chi connectivity index (χ3v) is 4.24. The van der Waals surface area contributed by atoms with E-state index in [-0.39, 0.29) is 5.91 Å². The molecule has 0 bridgehead atoms. The van der Waals surface area contributed by atoms with E-state index in [1.807, 2.05) is 16.8 Å². The van der Waals surface area contributed by atoms with Crippen LogP contribution in [0.2, 0.25) is 0 Å². The number of carbonyl (C=O) groups is 1. The summed E-state index contributed by atoms with van der Waals surface area (Å²) in [5.74, 6) is 1.82. The van der Waals surface area contributed by atoms with Gasteiger partial charge in [-0.25, -0.2) is 4.98 Å². The molecule has 0 radical (unpaired) electrons. The van der Waals surface area contributed by atoms with Crippen LogP contribution in [0.25, 0.3) is 0 Å². The SMILES string of the molecule is Cc1nc(C#N)c(N2CCN(C(=O)CN(C)CCC(C)C)CC2)o1. The van der Waals surface area contributed by atoms with Gasteiger partial charge < -0.3 is 14.2 Å². The number of oxazole rings is 1. The van der Waals surface area contributed by atoms with Crippen LogP contribution in [0.5, 0.6) is 0 Å². The molecule has 2 heterocycles. The monoisotopic (exact) mass is 333 g/mol. The van der Waals surface area contributed by atoms with E-state index < -0.39 is 0 Å². The lowest BCUT2D eigenvalue weighted by Gasteiger charge is -2.35. The molecule has 0 saturated carbocycles. The van der Waals surface area contributed by atoms with E-state index in [0.717, 1.165) is 13.0 Å². The summed E-state index contributed by atoms with van der Waals surface area (Å²) in [7, 11) is 1.99. The van der Waals surface area contributed by atoms with Crippen LogP contribution in [0.1, 0.15) is 31.9 Å². The average molecular weight is 333 g/mol. The van der Waals surface area contributed by atoms with Gasteiger partial charge in [0, 0.05) is 33.1 Å². The molecule has 1 aliphatic rings. The Morgan fingerprint density at radius 2 is 2.04 bits per heavy atom. The molecule has 1 aromatic rings. The van der Waals surface area contributed by atoms with Crippen LogP contribution in [-0.4, -0.2) is 67.0 Å². The molecule has 0 atom stereocenters. The van der Waals surface area contributed by atoms with Gasteiger partial charge in [-0.1, -0.05) is 13.8 Å². The summed E-state index contributed by atoms with van der Waals surface area (Å²) in [6.45, 7) is 10.1. The van der Waals surface area contributed by atoms with Gasteiger partial charge in [0.1, 0.15) is 6.07 Å². The molecule has 24 heavy (non-hydrogen) atoms. The molecular weight excluding hydrogens is 306 g/mol. The van der Waals surface area contributed by atoms with E-state index in [2.05, 4.69) is 29.8 Å². The zero-order valence-electron chi connectivity index (χ0n) is 15.1. The molecule has 1 saturated heterocycles. The molecule has 0 aromatic carbocycles. The predicted molar refractivity (Wildman–Crippen MR) is 91.7 cm³/mol. The number of aromatic nitrogens is 1. The number of nitrogens with zero attached hydrogens (tertiary/aromatic N) is 5. The predicted octanol–water partition coefficient (Wildman–Crippen LogP) is 1.48. The van der Waals surface area contributed by atoms with Gasteiger partial charge in [-0.05, 0) is 25.9 Å². The Kier molecular flexibility index (Phi) is 6.21. The lowest BCUT2D eigenvalue weighted by molar-refractivity contribution is -0.132. The number of hydrogen-bond donors (Lipinski definition) is 0. The number of hydrogen-bond acceptors (Lipinski definition) is 6. The number of amides is 1. The number of aryl methyl sites for hydroxylation is 1.